The van der Waals surface area contributed by atoms with E-state index in [1.54, 1.807) is 23.2 Å². The van der Waals surface area contributed by atoms with E-state index in [1.165, 1.54) is 0 Å². The number of hydrogen-bond donors (Lipinski definition) is 0. The summed E-state index contributed by atoms with van der Waals surface area (Å²) in [5.74, 6) is 1.74. The molecular weight excluding hydrogens is 212 g/mol. The number of aromatic nitrogens is 4. The van der Waals surface area contributed by atoms with E-state index in [-0.39, 0.29) is 5.92 Å². The van der Waals surface area contributed by atoms with Gasteiger partial charge < -0.3 is 0 Å². The molecule has 0 N–H and O–H groups in total. The van der Waals surface area contributed by atoms with Crippen LogP contribution >= 0.6 is 11.6 Å². The highest BCUT2D eigenvalue weighted by Gasteiger charge is 2.07. The van der Waals surface area contributed by atoms with E-state index in [9.17, 15) is 0 Å². The van der Waals surface area contributed by atoms with Crippen LogP contribution in [0, 0.1) is 0 Å². The first-order valence-corrected chi connectivity index (χ1v) is 5.07. The fourth-order valence-electron chi connectivity index (χ4n) is 1.21. The Balaban J connectivity index is 2.49. The van der Waals surface area contributed by atoms with E-state index in [1.807, 2.05) is 20.0 Å². The molecule has 0 aliphatic carbocycles. The fourth-order valence-corrected chi connectivity index (χ4v) is 1.39. The van der Waals surface area contributed by atoms with Crippen molar-refractivity contribution in [2.45, 2.75) is 19.8 Å². The first-order chi connectivity index (χ1) is 7.16. The monoisotopic (exact) mass is 222 g/mol. The molecule has 0 atom stereocenters. The summed E-state index contributed by atoms with van der Waals surface area (Å²) in [6, 6.07) is 1.72. The highest BCUT2D eigenvalue weighted by molar-refractivity contribution is 6.29. The molecule has 2 aromatic heterocycles. The molecule has 0 radical (unpaired) electrons. The lowest BCUT2D eigenvalue weighted by atomic mass is 10.2. The highest BCUT2D eigenvalue weighted by Crippen LogP contribution is 2.16. The molecule has 0 saturated carbocycles. The first kappa shape index (κ1) is 10.1. The third kappa shape index (κ3) is 2.15. The van der Waals surface area contributed by atoms with Crippen LogP contribution in [0.3, 0.4) is 0 Å². The molecule has 0 fully saturated rings. The maximum atomic E-state index is 5.93. The minimum absolute atomic E-state index is 0.256. The van der Waals surface area contributed by atoms with Crippen LogP contribution in [0.1, 0.15) is 25.6 Å². The standard InChI is InChI=1S/C10H11ClN4/c1-7(2)10-13-8(11)5-9(14-10)15-4-3-12-6-15/h3-7H,1-2H3. The molecule has 15 heavy (non-hydrogen) atoms. The molecule has 0 aliphatic rings. The van der Waals surface area contributed by atoms with Gasteiger partial charge in [0.1, 0.15) is 23.1 Å². The Bertz CT molecular complexity index is 450. The van der Waals surface area contributed by atoms with Gasteiger partial charge >= 0.3 is 0 Å². The highest BCUT2D eigenvalue weighted by atomic mass is 35.5. The summed E-state index contributed by atoms with van der Waals surface area (Å²) in [6.07, 6.45) is 5.20. The molecule has 2 heterocycles. The van der Waals surface area contributed by atoms with Gasteiger partial charge in [0.05, 0.1) is 0 Å². The van der Waals surface area contributed by atoms with Gasteiger partial charge in [-0.15, -0.1) is 0 Å². The number of imidazole rings is 1. The second-order valence-electron chi connectivity index (χ2n) is 3.53. The molecule has 0 saturated heterocycles. The molecule has 5 heteroatoms. The third-order valence-corrected chi connectivity index (χ3v) is 2.18. The van der Waals surface area contributed by atoms with Gasteiger partial charge in [0.15, 0.2) is 0 Å². The molecule has 2 rings (SSSR count). The van der Waals surface area contributed by atoms with Gasteiger partial charge in [-0.3, -0.25) is 4.57 Å². The summed E-state index contributed by atoms with van der Waals surface area (Å²) >= 11 is 5.93. The van der Waals surface area contributed by atoms with Crippen LogP contribution in [0.25, 0.3) is 5.82 Å². The van der Waals surface area contributed by atoms with Gasteiger partial charge in [0, 0.05) is 24.4 Å². The van der Waals surface area contributed by atoms with Crippen LogP contribution in [0.2, 0.25) is 5.15 Å². The van der Waals surface area contributed by atoms with E-state index < -0.39 is 0 Å². The van der Waals surface area contributed by atoms with Crippen molar-refractivity contribution in [3.05, 3.63) is 35.8 Å². The quantitative estimate of drug-likeness (QED) is 0.733. The van der Waals surface area contributed by atoms with Crippen molar-refractivity contribution in [1.82, 2.24) is 19.5 Å². The summed E-state index contributed by atoms with van der Waals surface area (Å²) in [5, 5.41) is 0.456. The second-order valence-corrected chi connectivity index (χ2v) is 3.92. The topological polar surface area (TPSA) is 43.6 Å². The molecule has 0 aromatic carbocycles. The van der Waals surface area contributed by atoms with Gasteiger partial charge in [-0.05, 0) is 0 Å². The molecule has 2 aromatic rings. The number of nitrogens with zero attached hydrogens (tertiary/aromatic N) is 4. The van der Waals surface area contributed by atoms with Crippen molar-refractivity contribution in [2.24, 2.45) is 0 Å². The van der Waals surface area contributed by atoms with Crippen LogP contribution in [-0.4, -0.2) is 19.5 Å². The molecule has 0 amide bonds. The largest absolute Gasteiger partial charge is 0.290 e. The van der Waals surface area contributed by atoms with Crippen molar-refractivity contribution in [3.8, 4) is 5.82 Å². The van der Waals surface area contributed by atoms with E-state index in [2.05, 4.69) is 15.0 Å². The van der Waals surface area contributed by atoms with E-state index in [0.717, 1.165) is 11.6 Å². The molecule has 0 aliphatic heterocycles. The second kappa shape index (κ2) is 3.98. The van der Waals surface area contributed by atoms with E-state index >= 15 is 0 Å². The minimum Gasteiger partial charge on any atom is -0.290 e. The van der Waals surface area contributed by atoms with Crippen molar-refractivity contribution in [2.75, 3.05) is 0 Å². The smallest absolute Gasteiger partial charge is 0.143 e. The van der Waals surface area contributed by atoms with E-state index in [0.29, 0.717) is 5.15 Å². The molecule has 4 nitrogen and oxygen atoms in total. The maximum absolute atomic E-state index is 5.93. The molecular formula is C10H11ClN4. The van der Waals surface area contributed by atoms with Crippen LogP contribution in [0.4, 0.5) is 0 Å². The zero-order valence-corrected chi connectivity index (χ0v) is 9.31. The lowest BCUT2D eigenvalue weighted by molar-refractivity contribution is 0.762. The third-order valence-electron chi connectivity index (χ3n) is 1.98. The maximum Gasteiger partial charge on any atom is 0.143 e. The van der Waals surface area contributed by atoms with Crippen LogP contribution in [0.15, 0.2) is 24.8 Å². The van der Waals surface area contributed by atoms with Crippen LogP contribution < -0.4 is 0 Å². The van der Waals surface area contributed by atoms with Crippen molar-refractivity contribution >= 4 is 11.6 Å². The Labute approximate surface area is 93.0 Å². The van der Waals surface area contributed by atoms with E-state index in [4.69, 9.17) is 11.6 Å². The van der Waals surface area contributed by atoms with Crippen molar-refractivity contribution < 1.29 is 0 Å². The number of hydrogen-bond acceptors (Lipinski definition) is 3. The Kier molecular flexibility index (Phi) is 2.68. The SMILES string of the molecule is CC(C)c1nc(Cl)cc(-n2ccnc2)n1. The number of rotatable bonds is 2. The normalized spacial score (nSPS) is 10.9. The molecule has 78 valence electrons. The Morgan fingerprint density at radius 1 is 1.33 bits per heavy atom. The van der Waals surface area contributed by atoms with Crippen molar-refractivity contribution in [1.29, 1.82) is 0 Å². The lowest BCUT2D eigenvalue weighted by Crippen LogP contribution is -2.03. The minimum atomic E-state index is 0.256. The summed E-state index contributed by atoms with van der Waals surface area (Å²) < 4.78 is 1.80. The average molecular weight is 223 g/mol. The predicted octanol–water partition coefficient (Wildman–Crippen LogP) is 2.44. The fraction of sp³-hybridized carbons (Fsp3) is 0.300. The van der Waals surface area contributed by atoms with Gasteiger partial charge in [-0.1, -0.05) is 25.4 Å². The lowest BCUT2D eigenvalue weighted by Gasteiger charge is -2.07. The van der Waals surface area contributed by atoms with Gasteiger partial charge in [0.25, 0.3) is 0 Å². The Morgan fingerprint density at radius 3 is 2.73 bits per heavy atom. The first-order valence-electron chi connectivity index (χ1n) is 4.69. The molecule has 0 spiro atoms. The van der Waals surface area contributed by atoms with Gasteiger partial charge in [0.2, 0.25) is 0 Å². The van der Waals surface area contributed by atoms with Crippen molar-refractivity contribution in [3.63, 3.8) is 0 Å². The Morgan fingerprint density at radius 2 is 2.13 bits per heavy atom. The predicted molar refractivity (Wildman–Crippen MR) is 58.3 cm³/mol. The summed E-state index contributed by atoms with van der Waals surface area (Å²) in [5.41, 5.74) is 0. The van der Waals surface area contributed by atoms with Gasteiger partial charge in [-0.25, -0.2) is 15.0 Å². The van der Waals surface area contributed by atoms with Crippen LogP contribution in [0.5, 0.6) is 0 Å². The molecule has 0 bridgehead atoms. The average Bonchev–Trinajstić information content (AvgIpc) is 2.69. The Hall–Kier alpha value is -1.42. The summed E-state index contributed by atoms with van der Waals surface area (Å²) in [6.45, 7) is 4.06. The van der Waals surface area contributed by atoms with Crippen LogP contribution in [-0.2, 0) is 0 Å². The zero-order valence-electron chi connectivity index (χ0n) is 8.55. The summed E-state index contributed by atoms with van der Waals surface area (Å²) in [7, 11) is 0. The number of halogens is 1. The molecule has 0 unspecified atom stereocenters. The van der Waals surface area contributed by atoms with Gasteiger partial charge in [-0.2, -0.15) is 0 Å². The summed E-state index contributed by atoms with van der Waals surface area (Å²) in [4.78, 5) is 12.5. The zero-order chi connectivity index (χ0) is 10.8.